The van der Waals surface area contributed by atoms with Gasteiger partial charge in [-0.3, -0.25) is 0 Å². The predicted molar refractivity (Wildman–Crippen MR) is 164 cm³/mol. The lowest BCUT2D eigenvalue weighted by Gasteiger charge is -2.21. The van der Waals surface area contributed by atoms with E-state index in [0.717, 1.165) is 36.8 Å². The number of hydrogen-bond acceptors (Lipinski definition) is 6. The average Bonchev–Trinajstić information content (AvgIpc) is 3.01. The van der Waals surface area contributed by atoms with Gasteiger partial charge in [0.1, 0.15) is 18.1 Å². The fourth-order valence-electron chi connectivity index (χ4n) is 4.59. The Kier molecular flexibility index (Phi) is 13.3. The second-order valence-electron chi connectivity index (χ2n) is 11.1. The quantitative estimate of drug-likeness (QED) is 0.0884. The van der Waals surface area contributed by atoms with Crippen LogP contribution in [-0.4, -0.2) is 22.5 Å². The minimum atomic E-state index is -0.520. The number of nitrogens with zero attached hydrogens (tertiary/aromatic N) is 3. The summed E-state index contributed by atoms with van der Waals surface area (Å²) in [5.41, 5.74) is 1.94. The highest BCUT2D eigenvalue weighted by Gasteiger charge is 2.24. The lowest BCUT2D eigenvalue weighted by atomic mass is 9.87. The van der Waals surface area contributed by atoms with Gasteiger partial charge in [0.05, 0.1) is 17.0 Å². The maximum Gasteiger partial charge on any atom is 0.343 e. The first-order chi connectivity index (χ1) is 20.0. The van der Waals surface area contributed by atoms with E-state index in [-0.39, 0.29) is 0 Å². The lowest BCUT2D eigenvalue weighted by molar-refractivity contribution is 0.0734. The fraction of sp³-hybridized carbons (Fsp3) is 0.486. The predicted octanol–water partition coefficient (Wildman–Crippen LogP) is 9.14. The summed E-state index contributed by atoms with van der Waals surface area (Å²) in [6.45, 7) is 6.60. The molecule has 0 saturated carbocycles. The van der Waals surface area contributed by atoms with Gasteiger partial charge in [0.25, 0.3) is 0 Å². The highest BCUT2D eigenvalue weighted by atomic mass is 16.5. The van der Waals surface area contributed by atoms with E-state index >= 15 is 0 Å². The van der Waals surface area contributed by atoms with Crippen LogP contribution in [0.3, 0.4) is 0 Å². The number of benzene rings is 2. The van der Waals surface area contributed by atoms with Crippen molar-refractivity contribution in [3.63, 3.8) is 0 Å². The first-order valence-corrected chi connectivity index (χ1v) is 15.2. The maximum absolute atomic E-state index is 12.7. The number of carbonyl (C=O) groups is 1. The van der Waals surface area contributed by atoms with Crippen molar-refractivity contribution >= 4 is 5.97 Å². The Hall–Kier alpha value is -3.72. The van der Waals surface area contributed by atoms with Gasteiger partial charge in [-0.25, -0.2) is 14.8 Å². The van der Waals surface area contributed by atoms with E-state index in [0.29, 0.717) is 29.5 Å². The molecule has 2 aromatic carbocycles. The van der Waals surface area contributed by atoms with Crippen molar-refractivity contribution in [3.05, 3.63) is 72.1 Å². The Morgan fingerprint density at radius 3 is 2.00 bits per heavy atom. The molecule has 0 saturated heterocycles. The van der Waals surface area contributed by atoms with Crippen LogP contribution in [0.4, 0.5) is 0 Å². The van der Waals surface area contributed by atoms with Gasteiger partial charge in [0, 0.05) is 18.0 Å². The Bertz CT molecular complexity index is 1220. The molecule has 0 aliphatic rings. The van der Waals surface area contributed by atoms with Crippen LogP contribution in [0, 0.1) is 16.7 Å². The third-order valence-corrected chi connectivity index (χ3v) is 7.35. The third kappa shape index (κ3) is 11.0. The smallest absolute Gasteiger partial charge is 0.343 e. The van der Waals surface area contributed by atoms with Gasteiger partial charge in [-0.15, -0.1) is 0 Å². The molecule has 1 unspecified atom stereocenters. The molecule has 0 radical (unpaired) electrons. The molecule has 0 aliphatic carbocycles. The molecule has 41 heavy (non-hydrogen) atoms. The van der Waals surface area contributed by atoms with Crippen LogP contribution in [0.15, 0.2) is 60.9 Å². The van der Waals surface area contributed by atoms with Crippen LogP contribution in [0.5, 0.6) is 11.5 Å². The summed E-state index contributed by atoms with van der Waals surface area (Å²) in [5.74, 6) is 1.26. The molecule has 1 aromatic heterocycles. The molecule has 3 rings (SSSR count). The number of hydrogen-bond donors (Lipinski definition) is 0. The summed E-state index contributed by atoms with van der Waals surface area (Å²) >= 11 is 0. The first kappa shape index (κ1) is 31.8. The van der Waals surface area contributed by atoms with E-state index in [1.165, 1.54) is 51.4 Å². The number of ether oxygens (including phenoxy) is 2. The molecule has 0 fully saturated rings. The van der Waals surface area contributed by atoms with Crippen LogP contribution >= 0.6 is 0 Å². The summed E-state index contributed by atoms with van der Waals surface area (Å²) in [5, 5.41) is 9.51. The van der Waals surface area contributed by atoms with Crippen LogP contribution in [0.25, 0.3) is 11.4 Å². The first-order valence-electron chi connectivity index (χ1n) is 15.2. The largest absolute Gasteiger partial charge is 0.492 e. The molecule has 0 aliphatic heterocycles. The summed E-state index contributed by atoms with van der Waals surface area (Å²) < 4.78 is 11.4. The van der Waals surface area contributed by atoms with E-state index in [2.05, 4.69) is 29.9 Å². The topological polar surface area (TPSA) is 85.1 Å². The molecule has 3 aromatic rings. The number of esters is 1. The Balaban J connectivity index is 1.44. The number of rotatable bonds is 18. The van der Waals surface area contributed by atoms with E-state index in [9.17, 15) is 10.1 Å². The molecule has 0 amide bonds. The second kappa shape index (κ2) is 17.2. The normalized spacial score (nSPS) is 12.3. The summed E-state index contributed by atoms with van der Waals surface area (Å²) in [4.78, 5) is 21.8. The monoisotopic (exact) mass is 555 g/mol. The van der Waals surface area contributed by atoms with Crippen LogP contribution in [0.2, 0.25) is 0 Å². The van der Waals surface area contributed by atoms with Crippen molar-refractivity contribution in [2.75, 3.05) is 6.61 Å². The molecule has 0 bridgehead atoms. The fourth-order valence-corrected chi connectivity index (χ4v) is 4.59. The van der Waals surface area contributed by atoms with E-state index in [1.54, 1.807) is 36.4 Å². The second-order valence-corrected chi connectivity index (χ2v) is 11.1. The SMILES string of the molecule is CCCCCCCCCCc1cnc(-c2ccc(C(=O)Oc3ccc(OCC(C)(C#N)CCCC)cc3)cc2)nc1. The van der Waals surface area contributed by atoms with Gasteiger partial charge in [-0.2, -0.15) is 5.26 Å². The Labute approximate surface area is 246 Å². The zero-order valence-electron chi connectivity index (χ0n) is 25.0. The minimum Gasteiger partial charge on any atom is -0.492 e. The van der Waals surface area contributed by atoms with Crippen molar-refractivity contribution < 1.29 is 14.3 Å². The van der Waals surface area contributed by atoms with E-state index in [4.69, 9.17) is 9.47 Å². The van der Waals surface area contributed by atoms with Crippen LogP contribution in [-0.2, 0) is 6.42 Å². The van der Waals surface area contributed by atoms with Gasteiger partial charge in [-0.1, -0.05) is 83.8 Å². The molecular formula is C35H45N3O3. The molecule has 218 valence electrons. The van der Waals surface area contributed by atoms with Crippen LogP contribution < -0.4 is 9.47 Å². The summed E-state index contributed by atoms with van der Waals surface area (Å²) in [6.07, 6.45) is 18.1. The van der Waals surface area contributed by atoms with Crippen molar-refractivity contribution in [1.29, 1.82) is 5.26 Å². The number of aromatic nitrogens is 2. The molecule has 6 nitrogen and oxygen atoms in total. The standard InChI is InChI=1S/C35H45N3O3/c1-4-6-8-9-10-11-12-13-14-28-24-37-33(38-25-28)29-15-17-30(18-16-29)34(39)41-32-21-19-31(20-22-32)40-27-35(3,26-36)23-7-5-2/h15-22,24-25H,4-14,23,27H2,1-3H3. The molecule has 6 heteroatoms. The average molecular weight is 556 g/mol. The Morgan fingerprint density at radius 1 is 0.805 bits per heavy atom. The molecule has 1 heterocycles. The number of nitriles is 1. The maximum atomic E-state index is 12.7. The molecule has 0 spiro atoms. The van der Waals surface area contributed by atoms with Crippen molar-refractivity contribution in [1.82, 2.24) is 9.97 Å². The van der Waals surface area contributed by atoms with E-state index in [1.807, 2.05) is 31.5 Å². The molecule has 0 N–H and O–H groups in total. The number of carbonyl (C=O) groups excluding carboxylic acids is 1. The van der Waals surface area contributed by atoms with Gasteiger partial charge in [0.15, 0.2) is 5.82 Å². The summed E-state index contributed by atoms with van der Waals surface area (Å²) in [6, 6.07) is 16.4. The van der Waals surface area contributed by atoms with Gasteiger partial charge in [-0.05, 0) is 68.1 Å². The van der Waals surface area contributed by atoms with Crippen LogP contribution in [0.1, 0.15) is 107 Å². The highest BCUT2D eigenvalue weighted by Crippen LogP contribution is 2.26. The van der Waals surface area contributed by atoms with Crippen molar-refractivity contribution in [3.8, 4) is 29.0 Å². The minimum absolute atomic E-state index is 0.320. The number of aryl methyl sites for hydroxylation is 1. The lowest BCUT2D eigenvalue weighted by Crippen LogP contribution is -2.23. The zero-order chi connectivity index (χ0) is 29.3. The third-order valence-electron chi connectivity index (χ3n) is 7.35. The molecule has 1 atom stereocenters. The highest BCUT2D eigenvalue weighted by molar-refractivity contribution is 5.91. The Morgan fingerprint density at radius 2 is 1.39 bits per heavy atom. The number of unbranched alkanes of at least 4 members (excludes halogenated alkanes) is 8. The molecular weight excluding hydrogens is 510 g/mol. The zero-order valence-corrected chi connectivity index (χ0v) is 25.0. The van der Waals surface area contributed by atoms with Gasteiger partial charge < -0.3 is 9.47 Å². The van der Waals surface area contributed by atoms with Gasteiger partial charge >= 0.3 is 5.97 Å². The van der Waals surface area contributed by atoms with Crippen molar-refractivity contribution in [2.24, 2.45) is 5.41 Å². The van der Waals surface area contributed by atoms with Crippen molar-refractivity contribution in [2.45, 2.75) is 97.8 Å². The summed E-state index contributed by atoms with van der Waals surface area (Å²) in [7, 11) is 0. The van der Waals surface area contributed by atoms with E-state index < -0.39 is 11.4 Å². The van der Waals surface area contributed by atoms with Gasteiger partial charge in [0.2, 0.25) is 0 Å².